The van der Waals surface area contributed by atoms with Crippen molar-refractivity contribution in [1.82, 2.24) is 0 Å². The van der Waals surface area contributed by atoms with Crippen LogP contribution < -0.4 is 4.74 Å². The number of hydrogen-bond acceptors (Lipinski definition) is 5. The molecule has 1 aromatic carbocycles. The van der Waals surface area contributed by atoms with Crippen LogP contribution in [0.25, 0.3) is 0 Å². The number of benzene rings is 1. The summed E-state index contributed by atoms with van der Waals surface area (Å²) in [5.41, 5.74) is 0.238. The van der Waals surface area contributed by atoms with Crippen molar-refractivity contribution in [2.75, 3.05) is 19.5 Å². The van der Waals surface area contributed by atoms with Crippen LogP contribution in [0.5, 0.6) is 5.75 Å². The summed E-state index contributed by atoms with van der Waals surface area (Å²) in [4.78, 5) is 11.3. The van der Waals surface area contributed by atoms with Gasteiger partial charge in [0.1, 0.15) is 17.9 Å². The van der Waals surface area contributed by atoms with Crippen molar-refractivity contribution in [2.24, 2.45) is 0 Å². The second-order valence-corrected chi connectivity index (χ2v) is 5.98. The first-order valence-corrected chi connectivity index (χ1v) is 7.14. The molecule has 0 heterocycles. The van der Waals surface area contributed by atoms with Gasteiger partial charge in [0.2, 0.25) is 9.05 Å². The molecule has 0 N–H and O–H groups in total. The third-order valence-electron chi connectivity index (χ3n) is 1.88. The van der Waals surface area contributed by atoms with Crippen LogP contribution in [0, 0.1) is 0 Å². The molecule has 1 aromatic rings. The molecule has 0 unspecified atom stereocenters. The van der Waals surface area contributed by atoms with Crippen LogP contribution in [0.4, 0.5) is 0 Å². The lowest BCUT2D eigenvalue weighted by atomic mass is 10.2. The zero-order valence-electron chi connectivity index (χ0n) is 9.05. The Hall–Kier alpha value is -1.27. The van der Waals surface area contributed by atoms with Gasteiger partial charge in [-0.05, 0) is 12.1 Å². The molecule has 0 bridgehead atoms. The highest BCUT2D eigenvalue weighted by molar-refractivity contribution is 8.13. The number of ether oxygens (including phenoxy) is 2. The van der Waals surface area contributed by atoms with Gasteiger partial charge in [0.25, 0.3) is 0 Å². The van der Waals surface area contributed by atoms with Gasteiger partial charge in [0.15, 0.2) is 0 Å². The topological polar surface area (TPSA) is 69.7 Å². The van der Waals surface area contributed by atoms with Crippen LogP contribution in [0.2, 0.25) is 0 Å². The zero-order valence-corrected chi connectivity index (χ0v) is 10.6. The Morgan fingerprint density at radius 3 is 2.59 bits per heavy atom. The van der Waals surface area contributed by atoms with Crippen LogP contribution in [0.3, 0.4) is 0 Å². The number of para-hydroxylation sites is 1. The van der Waals surface area contributed by atoms with Gasteiger partial charge in [-0.2, -0.15) is 0 Å². The molecule has 0 aliphatic carbocycles. The first kappa shape index (κ1) is 13.8. The van der Waals surface area contributed by atoms with Crippen LogP contribution >= 0.6 is 10.7 Å². The fourth-order valence-corrected chi connectivity index (χ4v) is 1.59. The summed E-state index contributed by atoms with van der Waals surface area (Å²) < 4.78 is 31.1. The molecule has 0 spiro atoms. The number of esters is 1. The molecule has 0 atom stereocenters. The average molecular weight is 279 g/mol. The summed E-state index contributed by atoms with van der Waals surface area (Å²) in [5.74, 6) is -0.613. The molecular formula is C10H11ClO5S. The third kappa shape index (κ3) is 4.62. The highest BCUT2D eigenvalue weighted by Gasteiger charge is 2.13. The summed E-state index contributed by atoms with van der Waals surface area (Å²) in [6.45, 7) is -0.125. The molecular weight excluding hydrogens is 268 g/mol. The maximum atomic E-state index is 11.3. The molecule has 0 fully saturated rings. The maximum absolute atomic E-state index is 11.3. The lowest BCUT2D eigenvalue weighted by Crippen LogP contribution is -2.11. The minimum Gasteiger partial charge on any atom is -0.492 e. The standard InChI is InChI=1S/C10H11ClO5S/c1-15-10(12)8-4-2-3-5-9(8)16-6-7-17(11,13)14/h2-5H,6-7H2,1H3. The molecule has 0 saturated heterocycles. The quantitative estimate of drug-likeness (QED) is 0.602. The maximum Gasteiger partial charge on any atom is 0.341 e. The van der Waals surface area contributed by atoms with Crippen molar-refractivity contribution in [1.29, 1.82) is 0 Å². The van der Waals surface area contributed by atoms with E-state index in [4.69, 9.17) is 15.4 Å². The molecule has 0 aliphatic rings. The highest BCUT2D eigenvalue weighted by atomic mass is 35.7. The molecule has 0 aliphatic heterocycles. The van der Waals surface area contributed by atoms with Gasteiger partial charge < -0.3 is 9.47 Å². The van der Waals surface area contributed by atoms with E-state index in [-0.39, 0.29) is 23.7 Å². The average Bonchev–Trinajstić information content (AvgIpc) is 2.27. The Balaban J connectivity index is 2.74. The Kier molecular flexibility index (Phi) is 4.77. The molecule has 17 heavy (non-hydrogen) atoms. The lowest BCUT2D eigenvalue weighted by molar-refractivity contribution is 0.0596. The van der Waals surface area contributed by atoms with E-state index in [9.17, 15) is 13.2 Å². The van der Waals surface area contributed by atoms with Gasteiger partial charge in [0.05, 0.1) is 12.9 Å². The Morgan fingerprint density at radius 1 is 1.35 bits per heavy atom. The van der Waals surface area contributed by atoms with E-state index < -0.39 is 15.0 Å². The summed E-state index contributed by atoms with van der Waals surface area (Å²) in [7, 11) is 2.68. The molecule has 0 radical (unpaired) electrons. The van der Waals surface area contributed by atoms with Gasteiger partial charge in [-0.3, -0.25) is 0 Å². The third-order valence-corrected chi connectivity index (χ3v) is 2.99. The van der Waals surface area contributed by atoms with Crippen molar-refractivity contribution in [3.63, 3.8) is 0 Å². The smallest absolute Gasteiger partial charge is 0.341 e. The summed E-state index contributed by atoms with van der Waals surface area (Å²) >= 11 is 0. The van der Waals surface area contributed by atoms with Gasteiger partial charge in [-0.1, -0.05) is 12.1 Å². The second kappa shape index (κ2) is 5.88. The molecule has 1 rings (SSSR count). The van der Waals surface area contributed by atoms with E-state index >= 15 is 0 Å². The van der Waals surface area contributed by atoms with E-state index in [2.05, 4.69) is 4.74 Å². The van der Waals surface area contributed by atoms with Crippen LogP contribution in [0.1, 0.15) is 10.4 Å². The normalized spacial score (nSPS) is 10.9. The van der Waals surface area contributed by atoms with Gasteiger partial charge in [0, 0.05) is 10.7 Å². The number of methoxy groups -OCH3 is 1. The van der Waals surface area contributed by atoms with Crippen molar-refractivity contribution in [3.8, 4) is 5.75 Å². The first-order valence-electron chi connectivity index (χ1n) is 4.66. The van der Waals surface area contributed by atoms with Crippen molar-refractivity contribution >= 4 is 25.7 Å². The fourth-order valence-electron chi connectivity index (χ4n) is 1.12. The van der Waals surface area contributed by atoms with Gasteiger partial charge >= 0.3 is 5.97 Å². The molecule has 0 aromatic heterocycles. The van der Waals surface area contributed by atoms with Crippen molar-refractivity contribution in [2.45, 2.75) is 0 Å². The highest BCUT2D eigenvalue weighted by Crippen LogP contribution is 2.18. The van der Waals surface area contributed by atoms with E-state index in [1.807, 2.05) is 0 Å². The predicted octanol–water partition coefficient (Wildman–Crippen LogP) is 1.42. The van der Waals surface area contributed by atoms with E-state index in [0.29, 0.717) is 0 Å². The summed E-state index contributed by atoms with van der Waals surface area (Å²) in [5, 5.41) is 0. The second-order valence-electron chi connectivity index (χ2n) is 3.08. The monoisotopic (exact) mass is 278 g/mol. The minimum atomic E-state index is -3.60. The van der Waals surface area contributed by atoms with Crippen molar-refractivity contribution < 1.29 is 22.7 Å². The van der Waals surface area contributed by atoms with Crippen LogP contribution in [-0.4, -0.2) is 33.9 Å². The SMILES string of the molecule is COC(=O)c1ccccc1OCCS(=O)(=O)Cl. The lowest BCUT2D eigenvalue weighted by Gasteiger charge is -2.08. The zero-order chi connectivity index (χ0) is 12.9. The van der Waals surface area contributed by atoms with Crippen molar-refractivity contribution in [3.05, 3.63) is 29.8 Å². The Bertz CT molecular complexity index is 497. The minimum absolute atomic E-state index is 0.125. The van der Waals surface area contributed by atoms with E-state index in [1.54, 1.807) is 18.2 Å². The number of hydrogen-bond donors (Lipinski definition) is 0. The molecule has 7 heteroatoms. The van der Waals surface area contributed by atoms with Crippen LogP contribution in [0.15, 0.2) is 24.3 Å². The number of carbonyl (C=O) groups is 1. The number of halogens is 1. The van der Waals surface area contributed by atoms with Crippen LogP contribution in [-0.2, 0) is 13.8 Å². The molecule has 0 saturated carbocycles. The molecule has 5 nitrogen and oxygen atoms in total. The van der Waals surface area contributed by atoms with Gasteiger partial charge in [-0.15, -0.1) is 0 Å². The fraction of sp³-hybridized carbons (Fsp3) is 0.300. The Labute approximate surface area is 104 Å². The molecule has 94 valence electrons. The Morgan fingerprint density at radius 2 is 2.00 bits per heavy atom. The summed E-state index contributed by atoms with van der Waals surface area (Å²) in [6.07, 6.45) is 0. The number of carbonyl (C=O) groups excluding carboxylic acids is 1. The van der Waals surface area contributed by atoms with E-state index in [0.717, 1.165) is 0 Å². The number of rotatable bonds is 5. The molecule has 0 amide bonds. The first-order chi connectivity index (χ1) is 7.94. The largest absolute Gasteiger partial charge is 0.492 e. The van der Waals surface area contributed by atoms with E-state index in [1.165, 1.54) is 13.2 Å². The van der Waals surface area contributed by atoms with Gasteiger partial charge in [-0.25, -0.2) is 13.2 Å². The summed E-state index contributed by atoms with van der Waals surface area (Å²) in [6, 6.07) is 6.39. The predicted molar refractivity (Wildman–Crippen MR) is 62.9 cm³/mol.